The van der Waals surface area contributed by atoms with Crippen LogP contribution in [0.2, 0.25) is 0 Å². The number of morpholine rings is 1. The number of nitrogens with one attached hydrogen (secondary N) is 2. The van der Waals surface area contributed by atoms with E-state index in [2.05, 4.69) is 39.6 Å². The van der Waals surface area contributed by atoms with Crippen LogP contribution in [-0.4, -0.2) is 37.0 Å². The van der Waals surface area contributed by atoms with Crippen molar-refractivity contribution in [2.75, 3.05) is 31.6 Å². The highest BCUT2D eigenvalue weighted by Gasteiger charge is 2.18. The van der Waals surface area contributed by atoms with Crippen molar-refractivity contribution in [3.05, 3.63) is 47.7 Å². The van der Waals surface area contributed by atoms with Crippen molar-refractivity contribution in [3.63, 3.8) is 0 Å². The Morgan fingerprint density at radius 1 is 1.09 bits per heavy atom. The van der Waals surface area contributed by atoms with Crippen LogP contribution in [0.15, 0.2) is 41.5 Å². The van der Waals surface area contributed by atoms with Crippen LogP contribution in [0, 0.1) is 0 Å². The normalized spacial score (nSPS) is 17.7. The number of benzene rings is 1. The van der Waals surface area contributed by atoms with Gasteiger partial charge < -0.3 is 10.1 Å². The molecule has 0 unspecified atom stereocenters. The van der Waals surface area contributed by atoms with Crippen molar-refractivity contribution < 1.29 is 9.64 Å². The Hall–Kier alpha value is -2.24. The van der Waals surface area contributed by atoms with Gasteiger partial charge in [0.2, 0.25) is 0 Å². The Balaban J connectivity index is 1.54. The highest BCUT2D eigenvalue weighted by molar-refractivity contribution is 6.06. The molecule has 1 aromatic heterocycles. The summed E-state index contributed by atoms with van der Waals surface area (Å²) in [7, 11) is 0. The maximum atomic E-state index is 5.42. The molecule has 5 nitrogen and oxygen atoms in total. The van der Waals surface area contributed by atoms with Gasteiger partial charge in [0.1, 0.15) is 24.6 Å². The predicted octanol–water partition coefficient (Wildman–Crippen LogP) is 1.69. The van der Waals surface area contributed by atoms with Crippen molar-refractivity contribution >= 4 is 22.9 Å². The minimum atomic E-state index is 0.762. The Morgan fingerprint density at radius 2 is 1.87 bits per heavy atom. The fraction of sp³-hybridized carbons (Fsp3) is 0.333. The number of pyridine rings is 1. The summed E-state index contributed by atoms with van der Waals surface area (Å²) in [4.78, 5) is 10.5. The Labute approximate surface area is 136 Å². The number of ether oxygens (including phenoxy) is 1. The second kappa shape index (κ2) is 6.10. The number of fused-ring (bicyclic) bond motifs is 1. The summed E-state index contributed by atoms with van der Waals surface area (Å²) < 4.78 is 5.42. The Kier molecular flexibility index (Phi) is 3.81. The molecule has 1 saturated heterocycles. The largest absolute Gasteiger partial charge is 0.370 e. The molecule has 4 rings (SSSR count). The van der Waals surface area contributed by atoms with E-state index in [1.807, 2.05) is 19.2 Å². The number of nitrogens with zero attached hydrogens (tertiary/aromatic N) is 2. The zero-order valence-electron chi connectivity index (χ0n) is 13.3. The van der Waals surface area contributed by atoms with E-state index in [-0.39, 0.29) is 0 Å². The Morgan fingerprint density at radius 3 is 2.65 bits per heavy atom. The quantitative estimate of drug-likeness (QED) is 0.907. The monoisotopic (exact) mass is 309 g/mol. The van der Waals surface area contributed by atoms with Crippen LogP contribution in [0.4, 0.5) is 17.2 Å². The van der Waals surface area contributed by atoms with Gasteiger partial charge in [-0.25, -0.2) is 4.98 Å². The van der Waals surface area contributed by atoms with Gasteiger partial charge in [-0.1, -0.05) is 0 Å². The molecule has 0 amide bonds. The van der Waals surface area contributed by atoms with Crippen molar-refractivity contribution in [1.29, 1.82) is 0 Å². The first kappa shape index (κ1) is 14.4. The second-order valence-electron chi connectivity index (χ2n) is 6.01. The minimum Gasteiger partial charge on any atom is -0.370 e. The number of rotatable bonds is 3. The van der Waals surface area contributed by atoms with Gasteiger partial charge in [-0.2, -0.15) is 0 Å². The molecule has 118 valence electrons. The molecule has 2 aromatic rings. The van der Waals surface area contributed by atoms with E-state index >= 15 is 0 Å². The number of anilines is 2. The summed E-state index contributed by atoms with van der Waals surface area (Å²) in [6, 6.07) is 10.7. The Bertz CT molecular complexity index is 733. The van der Waals surface area contributed by atoms with Gasteiger partial charge in [0.05, 0.1) is 19.8 Å². The highest BCUT2D eigenvalue weighted by Crippen LogP contribution is 2.27. The lowest BCUT2D eigenvalue weighted by Crippen LogP contribution is -3.09. The van der Waals surface area contributed by atoms with E-state index in [9.17, 15) is 0 Å². The third kappa shape index (κ3) is 2.85. The van der Waals surface area contributed by atoms with Crippen LogP contribution in [0.25, 0.3) is 0 Å². The van der Waals surface area contributed by atoms with Crippen LogP contribution >= 0.6 is 0 Å². The molecule has 23 heavy (non-hydrogen) atoms. The third-order valence-corrected chi connectivity index (χ3v) is 4.54. The lowest BCUT2D eigenvalue weighted by Gasteiger charge is -2.23. The molecule has 2 aliphatic rings. The van der Waals surface area contributed by atoms with Gasteiger partial charge >= 0.3 is 0 Å². The van der Waals surface area contributed by atoms with Gasteiger partial charge in [0.15, 0.2) is 0 Å². The van der Waals surface area contributed by atoms with Gasteiger partial charge in [-0.15, -0.1) is 0 Å². The molecule has 0 aliphatic carbocycles. The minimum absolute atomic E-state index is 0.762. The zero-order chi connectivity index (χ0) is 15.6. The molecule has 0 radical (unpaired) electrons. The van der Waals surface area contributed by atoms with Crippen LogP contribution in [0.1, 0.15) is 18.1 Å². The summed E-state index contributed by atoms with van der Waals surface area (Å²) in [6.45, 7) is 6.57. The average molecular weight is 309 g/mol. The number of hydrogen-bond donors (Lipinski definition) is 2. The summed E-state index contributed by atoms with van der Waals surface area (Å²) in [5, 5.41) is 3.44. The lowest BCUT2D eigenvalue weighted by atomic mass is 10.1. The van der Waals surface area contributed by atoms with Crippen LogP contribution < -0.4 is 10.2 Å². The van der Waals surface area contributed by atoms with Crippen LogP contribution in [0.5, 0.6) is 0 Å². The first-order valence-corrected chi connectivity index (χ1v) is 8.10. The van der Waals surface area contributed by atoms with Gasteiger partial charge in [-0.3, -0.25) is 9.89 Å². The standard InChI is InChI=1S/C18H20N4O/c1-13-17-14(12-20-13)6-7-19-18(17)21-15-2-4-16(5-3-15)22-8-10-23-11-9-22/h2-7H,8-12H2,1H3,(H,19,21)/p+1. The van der Waals surface area contributed by atoms with Gasteiger partial charge in [0.25, 0.3) is 0 Å². The van der Waals surface area contributed by atoms with E-state index in [4.69, 9.17) is 4.74 Å². The number of aromatic nitrogens is 1. The highest BCUT2D eigenvalue weighted by atomic mass is 16.5. The molecule has 2 aliphatic heterocycles. The second-order valence-corrected chi connectivity index (χ2v) is 6.01. The molecule has 0 bridgehead atoms. The topological polar surface area (TPSA) is 51.0 Å². The summed E-state index contributed by atoms with van der Waals surface area (Å²) in [5.41, 5.74) is 5.83. The third-order valence-electron chi connectivity index (χ3n) is 4.54. The SMILES string of the molecule is CC1=NCc2ccnc(Nc3ccc([NH+]4CCOCC4)cc3)c21. The maximum absolute atomic E-state index is 5.42. The van der Waals surface area contributed by atoms with E-state index in [1.165, 1.54) is 16.2 Å². The molecule has 1 fully saturated rings. The van der Waals surface area contributed by atoms with Crippen molar-refractivity contribution in [1.82, 2.24) is 4.98 Å². The molecule has 5 heteroatoms. The van der Waals surface area contributed by atoms with Crippen LogP contribution in [0.3, 0.4) is 0 Å². The molecule has 3 heterocycles. The van der Waals surface area contributed by atoms with Gasteiger partial charge in [-0.05, 0) is 30.7 Å². The summed E-state index contributed by atoms with van der Waals surface area (Å²) in [5.74, 6) is 0.896. The van der Waals surface area contributed by atoms with E-state index in [1.54, 1.807) is 0 Å². The van der Waals surface area contributed by atoms with Gasteiger partial charge in [0, 0.05) is 35.3 Å². The number of hydrogen-bond acceptors (Lipinski definition) is 4. The lowest BCUT2D eigenvalue weighted by molar-refractivity contribution is -0.842. The van der Waals surface area contributed by atoms with E-state index < -0.39 is 0 Å². The summed E-state index contributed by atoms with van der Waals surface area (Å²) >= 11 is 0. The summed E-state index contributed by atoms with van der Waals surface area (Å²) in [6.07, 6.45) is 1.85. The van der Waals surface area contributed by atoms with Crippen molar-refractivity contribution in [3.8, 4) is 0 Å². The molecular weight excluding hydrogens is 288 g/mol. The number of quaternary nitrogens is 1. The maximum Gasteiger partial charge on any atom is 0.139 e. The predicted molar refractivity (Wildman–Crippen MR) is 91.1 cm³/mol. The van der Waals surface area contributed by atoms with E-state index in [0.717, 1.165) is 55.6 Å². The molecule has 1 aromatic carbocycles. The van der Waals surface area contributed by atoms with E-state index in [0.29, 0.717) is 0 Å². The smallest absolute Gasteiger partial charge is 0.139 e. The van der Waals surface area contributed by atoms with Crippen LogP contribution in [-0.2, 0) is 11.3 Å². The molecule has 0 spiro atoms. The fourth-order valence-corrected chi connectivity index (χ4v) is 3.25. The molecule has 0 atom stereocenters. The van der Waals surface area contributed by atoms with Crippen molar-refractivity contribution in [2.45, 2.75) is 13.5 Å². The van der Waals surface area contributed by atoms with Crippen molar-refractivity contribution in [2.24, 2.45) is 4.99 Å². The fourth-order valence-electron chi connectivity index (χ4n) is 3.25. The molecule has 2 N–H and O–H groups in total. The number of aliphatic imine (C=N–C) groups is 1. The first-order valence-electron chi connectivity index (χ1n) is 8.10. The zero-order valence-corrected chi connectivity index (χ0v) is 13.3. The average Bonchev–Trinajstić information content (AvgIpc) is 2.99. The first-order chi connectivity index (χ1) is 11.3. The molecule has 0 saturated carbocycles. The molecular formula is C18H21N4O+.